The Morgan fingerprint density at radius 1 is 1.17 bits per heavy atom. The van der Waals surface area contributed by atoms with Crippen molar-refractivity contribution in [2.75, 3.05) is 0 Å². The summed E-state index contributed by atoms with van der Waals surface area (Å²) in [4.78, 5) is -0.0966. The first-order valence-corrected chi connectivity index (χ1v) is 4.96. The van der Waals surface area contributed by atoms with E-state index in [9.17, 15) is 8.42 Å². The molecule has 1 rings (SSSR count). The molecule has 12 heavy (non-hydrogen) atoms. The molecule has 3 nitrogen and oxygen atoms in total. The van der Waals surface area contributed by atoms with Crippen LogP contribution < -0.4 is 0 Å². The molecule has 1 aromatic carbocycles. The molecule has 0 amide bonds. The second-order valence-electron chi connectivity index (χ2n) is 1.93. The molecule has 0 unspecified atom stereocenters. The maximum atomic E-state index is 10.5. The van der Waals surface area contributed by atoms with Crippen LogP contribution in [0.5, 0.6) is 0 Å². The molecule has 0 aliphatic carbocycles. The SMILES string of the molecule is O=S(=O)(O)c1ccc(Br)cc1.[Na]. The first kappa shape index (κ1) is 12.6. The van der Waals surface area contributed by atoms with Crippen molar-refractivity contribution in [2.24, 2.45) is 0 Å². The number of hydrogen-bond donors (Lipinski definition) is 1. The van der Waals surface area contributed by atoms with Gasteiger partial charge in [0.1, 0.15) is 0 Å². The van der Waals surface area contributed by atoms with E-state index >= 15 is 0 Å². The molecule has 0 aliphatic rings. The van der Waals surface area contributed by atoms with E-state index in [4.69, 9.17) is 4.55 Å². The van der Waals surface area contributed by atoms with Crippen molar-refractivity contribution in [3.63, 3.8) is 0 Å². The van der Waals surface area contributed by atoms with Gasteiger partial charge in [-0.15, -0.1) is 0 Å². The Morgan fingerprint density at radius 3 is 1.92 bits per heavy atom. The summed E-state index contributed by atoms with van der Waals surface area (Å²) in [6, 6.07) is 5.73. The van der Waals surface area contributed by atoms with Gasteiger partial charge in [0.05, 0.1) is 4.90 Å². The molecule has 1 aromatic rings. The summed E-state index contributed by atoms with van der Waals surface area (Å²) < 4.78 is 30.3. The fourth-order valence-electron chi connectivity index (χ4n) is 0.607. The molecule has 0 saturated heterocycles. The van der Waals surface area contributed by atoms with Gasteiger partial charge >= 0.3 is 0 Å². The van der Waals surface area contributed by atoms with Crippen LogP contribution in [-0.2, 0) is 10.1 Å². The molecule has 0 heterocycles. The summed E-state index contributed by atoms with van der Waals surface area (Å²) in [5.74, 6) is 0. The zero-order valence-corrected chi connectivity index (χ0v) is 10.8. The van der Waals surface area contributed by atoms with Crippen LogP contribution >= 0.6 is 15.9 Å². The van der Waals surface area contributed by atoms with Gasteiger partial charge in [-0.3, -0.25) is 4.55 Å². The topological polar surface area (TPSA) is 54.4 Å². The van der Waals surface area contributed by atoms with Crippen LogP contribution in [0.15, 0.2) is 33.6 Å². The Morgan fingerprint density at radius 2 is 1.58 bits per heavy atom. The summed E-state index contributed by atoms with van der Waals surface area (Å²) in [6.45, 7) is 0. The van der Waals surface area contributed by atoms with E-state index in [2.05, 4.69) is 15.9 Å². The molecular formula is C6H5BrNaO3S. The van der Waals surface area contributed by atoms with Crippen molar-refractivity contribution in [1.29, 1.82) is 0 Å². The van der Waals surface area contributed by atoms with Gasteiger partial charge < -0.3 is 0 Å². The van der Waals surface area contributed by atoms with E-state index in [1.54, 1.807) is 12.1 Å². The normalized spacial score (nSPS) is 10.5. The zero-order chi connectivity index (χ0) is 8.48. The van der Waals surface area contributed by atoms with Gasteiger partial charge in [-0.1, -0.05) is 15.9 Å². The number of rotatable bonds is 1. The fourth-order valence-corrected chi connectivity index (χ4v) is 1.35. The average Bonchev–Trinajstić information content (AvgIpc) is 1.86. The molecule has 0 aromatic heterocycles. The first-order valence-electron chi connectivity index (χ1n) is 2.73. The van der Waals surface area contributed by atoms with E-state index in [1.165, 1.54) is 12.1 Å². The molecule has 1 N–H and O–H groups in total. The molecule has 0 fully saturated rings. The Labute approximate surface area is 101 Å². The quantitative estimate of drug-likeness (QED) is 0.612. The molecule has 1 radical (unpaired) electrons. The molecule has 0 bridgehead atoms. The minimum absolute atomic E-state index is 0. The van der Waals surface area contributed by atoms with Crippen molar-refractivity contribution < 1.29 is 13.0 Å². The summed E-state index contributed by atoms with van der Waals surface area (Å²) in [7, 11) is -4.04. The molecule has 61 valence electrons. The largest absolute Gasteiger partial charge is 0.294 e. The van der Waals surface area contributed by atoms with E-state index in [0.717, 1.165) is 4.47 Å². The fraction of sp³-hybridized carbons (Fsp3) is 0. The van der Waals surface area contributed by atoms with E-state index in [-0.39, 0.29) is 34.5 Å². The molecule has 6 heteroatoms. The van der Waals surface area contributed by atoms with Gasteiger partial charge in [0, 0.05) is 34.0 Å². The maximum Gasteiger partial charge on any atom is 0.294 e. The van der Waals surface area contributed by atoms with Gasteiger partial charge in [-0.2, -0.15) is 8.42 Å². The number of hydrogen-bond acceptors (Lipinski definition) is 2. The summed E-state index contributed by atoms with van der Waals surface area (Å²) >= 11 is 3.14. The minimum Gasteiger partial charge on any atom is -0.282 e. The van der Waals surface area contributed by atoms with Crippen molar-refractivity contribution in [3.05, 3.63) is 28.7 Å². The predicted molar refractivity (Wildman–Crippen MR) is 49.7 cm³/mol. The Balaban J connectivity index is 0.00000121. The molecule has 0 atom stereocenters. The maximum absolute atomic E-state index is 10.5. The Hall–Kier alpha value is 0.610. The zero-order valence-electron chi connectivity index (χ0n) is 6.36. The third kappa shape index (κ3) is 3.55. The number of halogens is 1. The number of benzene rings is 1. The summed E-state index contributed by atoms with van der Waals surface area (Å²) in [6.07, 6.45) is 0. The van der Waals surface area contributed by atoms with Crippen molar-refractivity contribution in [2.45, 2.75) is 4.90 Å². The van der Waals surface area contributed by atoms with Gasteiger partial charge in [0.2, 0.25) is 0 Å². The Kier molecular flexibility index (Phi) is 4.98. The third-order valence-electron chi connectivity index (χ3n) is 1.11. The average molecular weight is 260 g/mol. The molecule has 0 spiro atoms. The standard InChI is InChI=1S/C6H5BrO3S.Na/c7-5-1-3-6(4-2-5)11(8,9)10;/h1-4H,(H,8,9,10);. The van der Waals surface area contributed by atoms with Crippen molar-refractivity contribution in [1.82, 2.24) is 0 Å². The van der Waals surface area contributed by atoms with Gasteiger partial charge in [0.15, 0.2) is 0 Å². The van der Waals surface area contributed by atoms with Crippen LogP contribution in [0, 0.1) is 0 Å². The smallest absolute Gasteiger partial charge is 0.282 e. The monoisotopic (exact) mass is 259 g/mol. The van der Waals surface area contributed by atoms with Crippen LogP contribution in [0.1, 0.15) is 0 Å². The summed E-state index contributed by atoms with van der Waals surface area (Å²) in [5, 5.41) is 0. The molecule has 0 aliphatic heterocycles. The van der Waals surface area contributed by atoms with Crippen LogP contribution in [0.3, 0.4) is 0 Å². The minimum atomic E-state index is -4.04. The Bertz CT molecular complexity index is 346. The molecular weight excluding hydrogens is 255 g/mol. The third-order valence-corrected chi connectivity index (χ3v) is 2.51. The van der Waals surface area contributed by atoms with Crippen LogP contribution in [0.4, 0.5) is 0 Å². The predicted octanol–water partition coefficient (Wildman–Crippen LogP) is 1.32. The van der Waals surface area contributed by atoms with E-state index < -0.39 is 10.1 Å². The molecule has 0 saturated carbocycles. The second-order valence-corrected chi connectivity index (χ2v) is 4.27. The summed E-state index contributed by atoms with van der Waals surface area (Å²) in [5.41, 5.74) is 0. The van der Waals surface area contributed by atoms with Crippen LogP contribution in [0.25, 0.3) is 0 Å². The van der Waals surface area contributed by atoms with E-state index in [1.807, 2.05) is 0 Å². The second kappa shape index (κ2) is 4.74. The first-order chi connectivity index (χ1) is 5.00. The van der Waals surface area contributed by atoms with E-state index in [0.29, 0.717) is 0 Å². The van der Waals surface area contributed by atoms with Gasteiger partial charge in [-0.05, 0) is 24.3 Å². The van der Waals surface area contributed by atoms with Crippen molar-refractivity contribution in [3.8, 4) is 0 Å². The van der Waals surface area contributed by atoms with Crippen LogP contribution in [-0.4, -0.2) is 42.5 Å². The van der Waals surface area contributed by atoms with Crippen molar-refractivity contribution >= 4 is 55.6 Å². The van der Waals surface area contributed by atoms with Crippen LogP contribution in [0.2, 0.25) is 0 Å². The van der Waals surface area contributed by atoms with Gasteiger partial charge in [0.25, 0.3) is 10.1 Å². The van der Waals surface area contributed by atoms with Gasteiger partial charge in [-0.25, -0.2) is 0 Å².